The van der Waals surface area contributed by atoms with Gasteiger partial charge in [-0.2, -0.15) is 0 Å². The van der Waals surface area contributed by atoms with E-state index in [1.165, 1.54) is 0 Å². The van der Waals surface area contributed by atoms with Crippen LogP contribution in [0, 0.1) is 0 Å². The summed E-state index contributed by atoms with van der Waals surface area (Å²) in [6, 6.07) is 32.4. The molecule has 0 spiro atoms. The van der Waals surface area contributed by atoms with Crippen molar-refractivity contribution in [3.63, 3.8) is 0 Å². The molecular weight excluding hydrogens is 452 g/mol. The van der Waals surface area contributed by atoms with Crippen molar-refractivity contribution in [1.29, 1.82) is 0 Å². The third kappa shape index (κ3) is 4.40. The molecule has 6 rings (SSSR count). The maximum Gasteiger partial charge on any atom is 0.0726 e. The van der Waals surface area contributed by atoms with Gasteiger partial charge in [-0.3, -0.25) is 15.0 Å². The predicted molar refractivity (Wildman–Crippen MR) is 155 cm³/mol. The third-order valence-electron chi connectivity index (χ3n) is 7.06. The first-order valence-corrected chi connectivity index (χ1v) is 13.1. The molecule has 0 amide bonds. The van der Waals surface area contributed by atoms with E-state index >= 15 is 0 Å². The van der Waals surface area contributed by atoms with Gasteiger partial charge in [-0.1, -0.05) is 57.2 Å². The fourth-order valence-electron chi connectivity index (χ4n) is 4.90. The number of aromatic nitrogens is 3. The molecule has 0 N–H and O–H groups in total. The maximum atomic E-state index is 4.92. The van der Waals surface area contributed by atoms with Crippen molar-refractivity contribution in [3.8, 4) is 0 Å². The minimum atomic E-state index is 0.913. The van der Waals surface area contributed by atoms with Gasteiger partial charge in [0.2, 0.25) is 0 Å². The highest BCUT2D eigenvalue weighted by atomic mass is 15.1. The molecule has 0 radical (unpaired) electrons. The van der Waals surface area contributed by atoms with Gasteiger partial charge < -0.3 is 4.90 Å². The zero-order chi connectivity index (χ0) is 25.4. The lowest BCUT2D eigenvalue weighted by atomic mass is 10.1. The topological polar surface area (TPSA) is 41.9 Å². The normalized spacial score (nSPS) is 11.4. The van der Waals surface area contributed by atoms with Crippen LogP contribution in [-0.4, -0.2) is 15.0 Å². The zero-order valence-corrected chi connectivity index (χ0v) is 21.6. The number of anilines is 3. The van der Waals surface area contributed by atoms with Gasteiger partial charge in [-0.25, -0.2) is 0 Å². The lowest BCUT2D eigenvalue weighted by molar-refractivity contribution is 1.06. The Labute approximate surface area is 217 Å². The minimum absolute atomic E-state index is 0.913. The summed E-state index contributed by atoms with van der Waals surface area (Å²) in [5, 5.41) is 3.42. The SMILES string of the molecule is CCc1ccc2ccc(N(c3ccc4ccc(CC)nc4c3)c3ccc4ccc(CC)nc4c3)cc2n1. The molecule has 0 fully saturated rings. The lowest BCUT2D eigenvalue weighted by Gasteiger charge is -2.26. The highest BCUT2D eigenvalue weighted by Gasteiger charge is 2.16. The molecule has 0 atom stereocenters. The van der Waals surface area contributed by atoms with E-state index in [9.17, 15) is 0 Å². The Morgan fingerprint density at radius 1 is 0.432 bits per heavy atom. The first kappa shape index (κ1) is 23.1. The Balaban J connectivity index is 1.57. The number of hydrogen-bond donors (Lipinski definition) is 0. The van der Waals surface area contributed by atoms with Crippen LogP contribution in [0.4, 0.5) is 17.1 Å². The van der Waals surface area contributed by atoms with E-state index < -0.39 is 0 Å². The van der Waals surface area contributed by atoms with Crippen LogP contribution in [0.3, 0.4) is 0 Å². The van der Waals surface area contributed by atoms with E-state index in [0.717, 1.165) is 86.1 Å². The predicted octanol–water partition coefficient (Wildman–Crippen LogP) is 8.49. The molecule has 0 saturated heterocycles. The second-order valence-corrected chi connectivity index (χ2v) is 9.43. The molecule has 0 unspecified atom stereocenters. The molecule has 182 valence electrons. The van der Waals surface area contributed by atoms with Crippen molar-refractivity contribution in [1.82, 2.24) is 15.0 Å². The van der Waals surface area contributed by atoms with Gasteiger partial charge in [0.1, 0.15) is 0 Å². The summed E-state index contributed by atoms with van der Waals surface area (Å²) in [7, 11) is 0. The minimum Gasteiger partial charge on any atom is -0.310 e. The Morgan fingerprint density at radius 2 is 0.730 bits per heavy atom. The van der Waals surface area contributed by atoms with Crippen LogP contribution in [0.25, 0.3) is 32.7 Å². The van der Waals surface area contributed by atoms with E-state index in [1.807, 2.05) is 0 Å². The van der Waals surface area contributed by atoms with E-state index in [4.69, 9.17) is 15.0 Å². The van der Waals surface area contributed by atoms with Crippen LogP contribution in [0.1, 0.15) is 37.9 Å². The first-order valence-electron chi connectivity index (χ1n) is 13.1. The van der Waals surface area contributed by atoms with Crippen molar-refractivity contribution in [2.45, 2.75) is 40.0 Å². The largest absolute Gasteiger partial charge is 0.310 e. The monoisotopic (exact) mass is 482 g/mol. The number of nitrogens with zero attached hydrogens (tertiary/aromatic N) is 4. The van der Waals surface area contributed by atoms with Gasteiger partial charge in [0.15, 0.2) is 0 Å². The second kappa shape index (κ2) is 9.62. The summed E-state index contributed by atoms with van der Waals surface area (Å²) in [6.07, 6.45) is 2.74. The number of benzene rings is 3. The van der Waals surface area contributed by atoms with Crippen LogP contribution in [0.15, 0.2) is 91.0 Å². The van der Waals surface area contributed by atoms with Crippen LogP contribution in [-0.2, 0) is 19.3 Å². The van der Waals surface area contributed by atoms with E-state index in [0.29, 0.717) is 0 Å². The summed E-state index contributed by atoms with van der Waals surface area (Å²) >= 11 is 0. The van der Waals surface area contributed by atoms with Gasteiger partial charge in [0.05, 0.1) is 16.6 Å². The molecule has 0 aliphatic heterocycles. The van der Waals surface area contributed by atoms with Crippen molar-refractivity contribution in [2.24, 2.45) is 0 Å². The fourth-order valence-corrected chi connectivity index (χ4v) is 4.90. The first-order chi connectivity index (χ1) is 18.1. The van der Waals surface area contributed by atoms with Crippen molar-refractivity contribution < 1.29 is 0 Å². The highest BCUT2D eigenvalue weighted by Crippen LogP contribution is 2.38. The van der Waals surface area contributed by atoms with Crippen molar-refractivity contribution in [3.05, 3.63) is 108 Å². The Kier molecular flexibility index (Phi) is 6.01. The molecule has 0 saturated carbocycles. The summed E-state index contributed by atoms with van der Waals surface area (Å²) in [5.41, 5.74) is 9.48. The number of hydrogen-bond acceptors (Lipinski definition) is 4. The Hall–Kier alpha value is -4.31. The van der Waals surface area contributed by atoms with Crippen LogP contribution in [0.5, 0.6) is 0 Å². The quantitative estimate of drug-likeness (QED) is 0.239. The summed E-state index contributed by atoms with van der Waals surface area (Å²) in [6.45, 7) is 6.43. The molecule has 0 aliphatic rings. The van der Waals surface area contributed by atoms with E-state index in [-0.39, 0.29) is 0 Å². The van der Waals surface area contributed by atoms with Crippen molar-refractivity contribution >= 4 is 49.8 Å². The number of pyridine rings is 3. The fraction of sp³-hybridized carbons (Fsp3) is 0.182. The molecule has 3 aromatic carbocycles. The maximum absolute atomic E-state index is 4.92. The van der Waals surface area contributed by atoms with E-state index in [1.54, 1.807) is 0 Å². The van der Waals surface area contributed by atoms with Gasteiger partial charge in [0.25, 0.3) is 0 Å². The molecule has 3 aromatic heterocycles. The average Bonchev–Trinajstić information content (AvgIpc) is 2.96. The lowest BCUT2D eigenvalue weighted by Crippen LogP contribution is -2.10. The molecule has 37 heavy (non-hydrogen) atoms. The second-order valence-electron chi connectivity index (χ2n) is 9.43. The molecule has 0 aliphatic carbocycles. The van der Waals surface area contributed by atoms with Crippen LogP contribution >= 0.6 is 0 Å². The number of rotatable bonds is 6. The molecule has 0 bridgehead atoms. The summed E-state index contributed by atoms with van der Waals surface area (Å²) in [4.78, 5) is 17.0. The average molecular weight is 483 g/mol. The standard InChI is InChI=1S/C33H30N4/c1-4-25-13-7-22-10-16-28(19-31(22)34-25)37(29-17-11-23-8-14-26(5-2)35-32(23)20-29)30-18-12-24-9-15-27(6-3)36-33(24)21-30/h7-21H,4-6H2,1-3H3. The van der Waals surface area contributed by atoms with Gasteiger partial charge in [0, 0.05) is 50.3 Å². The molecule has 4 nitrogen and oxygen atoms in total. The van der Waals surface area contributed by atoms with Crippen molar-refractivity contribution in [2.75, 3.05) is 4.90 Å². The number of aryl methyl sites for hydroxylation is 3. The third-order valence-corrected chi connectivity index (χ3v) is 7.06. The summed E-state index contributed by atoms with van der Waals surface area (Å²) in [5.74, 6) is 0. The van der Waals surface area contributed by atoms with Crippen LogP contribution in [0.2, 0.25) is 0 Å². The Morgan fingerprint density at radius 3 is 1.03 bits per heavy atom. The van der Waals surface area contributed by atoms with Crippen LogP contribution < -0.4 is 4.90 Å². The highest BCUT2D eigenvalue weighted by molar-refractivity contribution is 5.92. The summed E-state index contributed by atoms with van der Waals surface area (Å²) < 4.78 is 0. The molecule has 3 heterocycles. The number of fused-ring (bicyclic) bond motifs is 3. The molecule has 6 aromatic rings. The van der Waals surface area contributed by atoms with Gasteiger partial charge in [-0.15, -0.1) is 0 Å². The zero-order valence-electron chi connectivity index (χ0n) is 21.6. The smallest absolute Gasteiger partial charge is 0.0726 e. The molecule has 4 heteroatoms. The van der Waals surface area contributed by atoms with Gasteiger partial charge >= 0.3 is 0 Å². The Bertz CT molecular complexity index is 1550. The molecular formula is C33H30N4. The van der Waals surface area contributed by atoms with Gasteiger partial charge in [-0.05, 0) is 73.9 Å². The van der Waals surface area contributed by atoms with E-state index in [2.05, 4.69) is 117 Å².